The van der Waals surface area contributed by atoms with Crippen LogP contribution < -0.4 is 0 Å². The second kappa shape index (κ2) is 5.33. The molecule has 0 aliphatic heterocycles. The highest BCUT2D eigenvalue weighted by molar-refractivity contribution is 9.10. The molecule has 0 aliphatic carbocycles. The summed E-state index contributed by atoms with van der Waals surface area (Å²) in [5.41, 5.74) is 1.24. The zero-order chi connectivity index (χ0) is 12.3. The van der Waals surface area contributed by atoms with Crippen molar-refractivity contribution in [1.29, 1.82) is 0 Å². The van der Waals surface area contributed by atoms with Crippen LogP contribution in [0.5, 0.6) is 0 Å². The number of aromatic nitrogens is 2. The molecule has 1 aromatic carbocycles. The molecule has 0 saturated carbocycles. The van der Waals surface area contributed by atoms with Gasteiger partial charge in [0.2, 0.25) is 0 Å². The second-order valence-electron chi connectivity index (χ2n) is 3.63. The number of hydrogen-bond acceptors (Lipinski definition) is 3. The van der Waals surface area contributed by atoms with Gasteiger partial charge in [0.25, 0.3) is 0 Å². The van der Waals surface area contributed by atoms with Gasteiger partial charge in [-0.2, -0.15) is 0 Å². The van der Waals surface area contributed by atoms with Crippen LogP contribution in [0.3, 0.4) is 0 Å². The van der Waals surface area contributed by atoms with Crippen molar-refractivity contribution in [2.24, 2.45) is 0 Å². The quantitative estimate of drug-likeness (QED) is 0.947. The summed E-state index contributed by atoms with van der Waals surface area (Å²) in [4.78, 5) is 7.73. The zero-order valence-corrected chi connectivity index (χ0v) is 10.4. The Morgan fingerprint density at radius 1 is 1.35 bits per heavy atom. The van der Waals surface area contributed by atoms with E-state index in [2.05, 4.69) is 25.9 Å². The van der Waals surface area contributed by atoms with Crippen molar-refractivity contribution in [2.45, 2.75) is 12.5 Å². The molecule has 0 bridgehead atoms. The Balaban J connectivity index is 2.16. The highest BCUT2D eigenvalue weighted by Gasteiger charge is 2.10. The third-order valence-corrected chi connectivity index (χ3v) is 2.76. The third-order valence-electron chi connectivity index (χ3n) is 2.30. The van der Waals surface area contributed by atoms with Crippen molar-refractivity contribution in [2.75, 3.05) is 0 Å². The molecule has 17 heavy (non-hydrogen) atoms. The summed E-state index contributed by atoms with van der Waals surface area (Å²) < 4.78 is 13.8. The van der Waals surface area contributed by atoms with Gasteiger partial charge in [0.05, 0.1) is 5.69 Å². The monoisotopic (exact) mass is 296 g/mol. The summed E-state index contributed by atoms with van der Waals surface area (Å²) in [5.74, 6) is -0.329. The van der Waals surface area contributed by atoms with E-state index in [0.29, 0.717) is 22.2 Å². The first-order chi connectivity index (χ1) is 8.15. The molecular formula is C12H10BrFN2O. The molecular weight excluding hydrogens is 287 g/mol. The van der Waals surface area contributed by atoms with Gasteiger partial charge >= 0.3 is 0 Å². The number of aliphatic hydroxyl groups excluding tert-OH is 1. The smallest absolute Gasteiger partial charge is 0.124 e. The number of benzene rings is 1. The fraction of sp³-hybridized carbons (Fsp3) is 0.167. The van der Waals surface area contributed by atoms with Crippen LogP contribution in [0.4, 0.5) is 4.39 Å². The molecule has 0 radical (unpaired) electrons. The van der Waals surface area contributed by atoms with Crippen molar-refractivity contribution in [3.63, 3.8) is 0 Å². The Morgan fingerprint density at radius 2 is 2.18 bits per heavy atom. The highest BCUT2D eigenvalue weighted by Crippen LogP contribution is 2.20. The SMILES string of the molecule is OC(Cc1cc(F)cc(Br)c1)c1ccncn1. The van der Waals surface area contributed by atoms with Crippen LogP contribution in [0.2, 0.25) is 0 Å². The van der Waals surface area contributed by atoms with E-state index >= 15 is 0 Å². The maximum absolute atomic E-state index is 13.1. The Morgan fingerprint density at radius 3 is 2.82 bits per heavy atom. The van der Waals surface area contributed by atoms with Crippen LogP contribution in [-0.4, -0.2) is 15.1 Å². The van der Waals surface area contributed by atoms with E-state index < -0.39 is 6.10 Å². The molecule has 1 heterocycles. The van der Waals surface area contributed by atoms with Crippen molar-refractivity contribution in [3.8, 4) is 0 Å². The fourth-order valence-corrected chi connectivity index (χ4v) is 2.07. The zero-order valence-electron chi connectivity index (χ0n) is 8.85. The molecule has 1 aromatic heterocycles. The van der Waals surface area contributed by atoms with Gasteiger partial charge in [-0.05, 0) is 29.8 Å². The average Bonchev–Trinajstić information content (AvgIpc) is 2.28. The van der Waals surface area contributed by atoms with E-state index in [1.165, 1.54) is 18.5 Å². The van der Waals surface area contributed by atoms with Crippen LogP contribution in [0, 0.1) is 5.82 Å². The van der Waals surface area contributed by atoms with Crippen LogP contribution in [0.25, 0.3) is 0 Å². The van der Waals surface area contributed by atoms with Crippen molar-refractivity contribution >= 4 is 15.9 Å². The minimum atomic E-state index is -0.758. The largest absolute Gasteiger partial charge is 0.386 e. The van der Waals surface area contributed by atoms with E-state index in [0.717, 1.165) is 0 Å². The number of aliphatic hydroxyl groups is 1. The van der Waals surface area contributed by atoms with E-state index in [1.807, 2.05) is 0 Å². The average molecular weight is 297 g/mol. The number of nitrogens with zero attached hydrogens (tertiary/aromatic N) is 2. The Hall–Kier alpha value is -1.33. The van der Waals surface area contributed by atoms with E-state index in [4.69, 9.17) is 0 Å². The lowest BCUT2D eigenvalue weighted by Crippen LogP contribution is -2.04. The molecule has 1 atom stereocenters. The third kappa shape index (κ3) is 3.31. The van der Waals surface area contributed by atoms with Crippen molar-refractivity contribution < 1.29 is 9.50 Å². The summed E-state index contributed by atoms with van der Waals surface area (Å²) in [5, 5.41) is 9.93. The summed E-state index contributed by atoms with van der Waals surface area (Å²) in [6.07, 6.45) is 2.49. The molecule has 2 aromatic rings. The van der Waals surface area contributed by atoms with Gasteiger partial charge in [-0.1, -0.05) is 15.9 Å². The van der Waals surface area contributed by atoms with Gasteiger partial charge in [-0.15, -0.1) is 0 Å². The number of halogens is 2. The van der Waals surface area contributed by atoms with Crippen molar-refractivity contribution in [3.05, 3.63) is 58.3 Å². The molecule has 1 unspecified atom stereocenters. The minimum Gasteiger partial charge on any atom is -0.386 e. The molecule has 2 rings (SSSR count). The lowest BCUT2D eigenvalue weighted by molar-refractivity contribution is 0.173. The molecule has 0 saturated heterocycles. The Bertz CT molecular complexity index is 487. The second-order valence-corrected chi connectivity index (χ2v) is 4.55. The van der Waals surface area contributed by atoms with E-state index in [9.17, 15) is 9.50 Å². The van der Waals surface area contributed by atoms with Crippen molar-refractivity contribution in [1.82, 2.24) is 9.97 Å². The fourth-order valence-electron chi connectivity index (χ4n) is 1.55. The van der Waals surface area contributed by atoms with Gasteiger partial charge in [-0.3, -0.25) is 0 Å². The number of hydrogen-bond donors (Lipinski definition) is 1. The van der Waals surface area contributed by atoms with Gasteiger partial charge in [0.1, 0.15) is 18.2 Å². The van der Waals surface area contributed by atoms with Crippen LogP contribution in [-0.2, 0) is 6.42 Å². The predicted octanol–water partition coefficient (Wildman–Crippen LogP) is 2.65. The van der Waals surface area contributed by atoms with Crippen LogP contribution >= 0.6 is 15.9 Å². The molecule has 1 N–H and O–H groups in total. The molecule has 0 aliphatic rings. The summed E-state index contributed by atoms with van der Waals surface area (Å²) in [7, 11) is 0. The van der Waals surface area contributed by atoms with Crippen LogP contribution in [0.15, 0.2) is 41.3 Å². The van der Waals surface area contributed by atoms with Gasteiger partial charge in [0.15, 0.2) is 0 Å². The lowest BCUT2D eigenvalue weighted by atomic mass is 10.1. The topological polar surface area (TPSA) is 46.0 Å². The lowest BCUT2D eigenvalue weighted by Gasteiger charge is -2.10. The molecule has 0 amide bonds. The predicted molar refractivity (Wildman–Crippen MR) is 64.8 cm³/mol. The maximum atomic E-state index is 13.1. The summed E-state index contributed by atoms with van der Waals surface area (Å²) >= 11 is 3.21. The molecule has 88 valence electrons. The molecule has 3 nitrogen and oxygen atoms in total. The van der Waals surface area contributed by atoms with E-state index in [-0.39, 0.29) is 5.82 Å². The highest BCUT2D eigenvalue weighted by atomic mass is 79.9. The molecule has 0 fully saturated rings. The normalized spacial score (nSPS) is 12.4. The minimum absolute atomic E-state index is 0.313. The first-order valence-corrected chi connectivity index (χ1v) is 5.83. The summed E-state index contributed by atoms with van der Waals surface area (Å²) in [6.45, 7) is 0. The van der Waals surface area contributed by atoms with Gasteiger partial charge in [0, 0.05) is 17.1 Å². The first-order valence-electron chi connectivity index (χ1n) is 5.04. The van der Waals surface area contributed by atoms with Gasteiger partial charge in [-0.25, -0.2) is 14.4 Å². The van der Waals surface area contributed by atoms with Gasteiger partial charge < -0.3 is 5.11 Å². The Labute approximate surface area is 106 Å². The summed E-state index contributed by atoms with van der Waals surface area (Å²) in [6, 6.07) is 6.18. The Kier molecular flexibility index (Phi) is 3.81. The standard InChI is InChI=1S/C12H10BrFN2O/c13-9-3-8(4-10(14)6-9)5-12(17)11-1-2-15-7-16-11/h1-4,6-7,12,17H,5H2. The molecule has 0 spiro atoms. The number of rotatable bonds is 3. The van der Waals surface area contributed by atoms with Crippen LogP contribution in [0.1, 0.15) is 17.4 Å². The van der Waals surface area contributed by atoms with E-state index in [1.54, 1.807) is 18.3 Å². The molecule has 5 heteroatoms. The first kappa shape index (κ1) is 12.1. The maximum Gasteiger partial charge on any atom is 0.124 e.